The Morgan fingerprint density at radius 2 is 1.48 bits per heavy atom. The van der Waals surface area contributed by atoms with Gasteiger partial charge in [-0.15, -0.1) is 0 Å². The second-order valence-corrected chi connectivity index (χ2v) is 14.0. The summed E-state index contributed by atoms with van der Waals surface area (Å²) >= 11 is 0. The summed E-state index contributed by atoms with van der Waals surface area (Å²) in [5, 5.41) is 0.119. The SMILES string of the molecule is CCC[Si](C(C)C)(C(C)C)C(C)(C)C1(CC)OCCCO1. The molecule has 0 saturated carbocycles. The molecule has 1 rings (SSSR count). The van der Waals surface area contributed by atoms with Crippen molar-refractivity contribution in [3.05, 3.63) is 0 Å². The predicted octanol–water partition coefficient (Wildman–Crippen LogP) is 5.99. The van der Waals surface area contributed by atoms with Crippen LogP contribution in [0.3, 0.4) is 0 Å². The van der Waals surface area contributed by atoms with E-state index in [1.165, 1.54) is 12.5 Å². The predicted molar refractivity (Wildman–Crippen MR) is 94.6 cm³/mol. The quantitative estimate of drug-likeness (QED) is 0.537. The molecule has 0 unspecified atom stereocenters. The molecule has 0 spiro atoms. The zero-order valence-corrected chi connectivity index (χ0v) is 16.7. The Morgan fingerprint density at radius 3 is 1.81 bits per heavy atom. The zero-order valence-electron chi connectivity index (χ0n) is 15.7. The summed E-state index contributed by atoms with van der Waals surface area (Å²) in [6.07, 6.45) is 3.26. The van der Waals surface area contributed by atoms with E-state index in [1.54, 1.807) is 0 Å². The minimum absolute atomic E-state index is 0.119. The van der Waals surface area contributed by atoms with E-state index in [9.17, 15) is 0 Å². The van der Waals surface area contributed by atoms with E-state index in [2.05, 4.69) is 55.4 Å². The Kier molecular flexibility index (Phi) is 6.52. The molecule has 0 N–H and O–H groups in total. The molecule has 1 heterocycles. The van der Waals surface area contributed by atoms with E-state index in [0.29, 0.717) is 0 Å². The average molecular weight is 315 g/mol. The third kappa shape index (κ3) is 2.98. The summed E-state index contributed by atoms with van der Waals surface area (Å²) in [7, 11) is -1.61. The van der Waals surface area contributed by atoms with Crippen molar-refractivity contribution in [3.63, 3.8) is 0 Å². The Morgan fingerprint density at radius 1 is 1.00 bits per heavy atom. The van der Waals surface area contributed by atoms with Crippen LogP contribution in [0.15, 0.2) is 0 Å². The first-order valence-electron chi connectivity index (χ1n) is 8.99. The van der Waals surface area contributed by atoms with Crippen molar-refractivity contribution in [2.45, 2.75) is 103 Å². The van der Waals surface area contributed by atoms with Gasteiger partial charge in [0.1, 0.15) is 0 Å². The fraction of sp³-hybridized carbons (Fsp3) is 1.00. The highest BCUT2D eigenvalue weighted by Gasteiger charge is 2.61. The molecule has 21 heavy (non-hydrogen) atoms. The van der Waals surface area contributed by atoms with Gasteiger partial charge in [-0.2, -0.15) is 0 Å². The number of rotatable bonds is 7. The minimum atomic E-state index is -1.61. The van der Waals surface area contributed by atoms with Crippen molar-refractivity contribution in [3.8, 4) is 0 Å². The normalized spacial score (nSPS) is 20.3. The highest BCUT2D eigenvalue weighted by Crippen LogP contribution is 2.61. The monoisotopic (exact) mass is 314 g/mol. The molecule has 1 aliphatic heterocycles. The van der Waals surface area contributed by atoms with Gasteiger partial charge < -0.3 is 9.47 Å². The van der Waals surface area contributed by atoms with Crippen molar-refractivity contribution >= 4 is 8.07 Å². The summed E-state index contributed by atoms with van der Waals surface area (Å²) in [5.41, 5.74) is 1.48. The van der Waals surface area contributed by atoms with E-state index >= 15 is 0 Å². The van der Waals surface area contributed by atoms with Crippen LogP contribution in [-0.2, 0) is 9.47 Å². The fourth-order valence-corrected chi connectivity index (χ4v) is 13.2. The van der Waals surface area contributed by atoms with Crippen molar-refractivity contribution in [2.75, 3.05) is 13.2 Å². The van der Waals surface area contributed by atoms with Crippen LogP contribution < -0.4 is 0 Å². The molecule has 0 radical (unpaired) electrons. The van der Waals surface area contributed by atoms with E-state index in [-0.39, 0.29) is 10.8 Å². The molecule has 0 aliphatic carbocycles. The van der Waals surface area contributed by atoms with Gasteiger partial charge in [-0.3, -0.25) is 0 Å². The van der Waals surface area contributed by atoms with Gasteiger partial charge in [0.15, 0.2) is 5.79 Å². The molecule has 2 nitrogen and oxygen atoms in total. The third-order valence-corrected chi connectivity index (χ3v) is 14.4. The standard InChI is InChI=1S/C18H38O2Si/c1-9-14-21(15(3)4,16(5)6)17(7,8)18(10-2)19-12-11-13-20-18/h15-16H,9-14H2,1-8H3. The van der Waals surface area contributed by atoms with E-state index in [1.807, 2.05) is 0 Å². The fourth-order valence-electron chi connectivity index (χ4n) is 5.35. The van der Waals surface area contributed by atoms with Crippen LogP contribution in [0.25, 0.3) is 0 Å². The summed E-state index contributed by atoms with van der Waals surface area (Å²) in [6.45, 7) is 20.9. The van der Waals surface area contributed by atoms with Crippen LogP contribution in [-0.4, -0.2) is 27.1 Å². The lowest BCUT2D eigenvalue weighted by Crippen LogP contribution is -2.63. The second kappa shape index (κ2) is 7.14. The highest BCUT2D eigenvalue weighted by molar-refractivity contribution is 6.85. The van der Waals surface area contributed by atoms with Crippen LogP contribution in [0.5, 0.6) is 0 Å². The first kappa shape index (κ1) is 19.2. The number of hydrogen-bond acceptors (Lipinski definition) is 2. The van der Waals surface area contributed by atoms with Crippen LogP contribution in [0.4, 0.5) is 0 Å². The summed E-state index contributed by atoms with van der Waals surface area (Å²) in [6, 6.07) is 1.36. The van der Waals surface area contributed by atoms with Gasteiger partial charge in [0.2, 0.25) is 0 Å². The number of ether oxygens (including phenoxy) is 2. The molecule has 0 atom stereocenters. The van der Waals surface area contributed by atoms with Gasteiger partial charge >= 0.3 is 0 Å². The minimum Gasteiger partial charge on any atom is -0.350 e. The highest BCUT2D eigenvalue weighted by atomic mass is 28.3. The number of hydrogen-bond donors (Lipinski definition) is 0. The smallest absolute Gasteiger partial charge is 0.170 e. The van der Waals surface area contributed by atoms with Crippen molar-refractivity contribution in [1.29, 1.82) is 0 Å². The second-order valence-electron chi connectivity index (χ2n) is 7.88. The third-order valence-electron chi connectivity index (χ3n) is 6.26. The van der Waals surface area contributed by atoms with E-state index in [0.717, 1.165) is 37.1 Å². The largest absolute Gasteiger partial charge is 0.350 e. The average Bonchev–Trinajstić information content (AvgIpc) is 2.44. The molecule has 0 bridgehead atoms. The molecule has 1 aliphatic rings. The lowest BCUT2D eigenvalue weighted by Gasteiger charge is -2.60. The van der Waals surface area contributed by atoms with Gasteiger partial charge in [0.05, 0.1) is 21.3 Å². The molecule has 3 heteroatoms. The lowest BCUT2D eigenvalue weighted by atomic mass is 9.97. The van der Waals surface area contributed by atoms with Crippen LogP contribution >= 0.6 is 0 Å². The van der Waals surface area contributed by atoms with Crippen LogP contribution in [0.2, 0.25) is 22.2 Å². The Hall–Kier alpha value is 0.137. The molecule has 126 valence electrons. The van der Waals surface area contributed by atoms with Crippen molar-refractivity contribution in [2.24, 2.45) is 0 Å². The lowest BCUT2D eigenvalue weighted by molar-refractivity contribution is -0.287. The summed E-state index contributed by atoms with van der Waals surface area (Å²) < 4.78 is 12.7. The molecule has 0 aromatic carbocycles. The van der Waals surface area contributed by atoms with Crippen LogP contribution in [0.1, 0.15) is 74.7 Å². The van der Waals surface area contributed by atoms with Gasteiger partial charge in [0, 0.05) is 5.04 Å². The molecule has 1 fully saturated rings. The maximum atomic E-state index is 6.34. The Bertz CT molecular complexity index is 309. The molecular formula is C18H38O2Si. The zero-order chi connectivity index (χ0) is 16.3. The van der Waals surface area contributed by atoms with Gasteiger partial charge in [-0.1, -0.05) is 78.9 Å². The first-order chi connectivity index (χ1) is 9.72. The van der Waals surface area contributed by atoms with Gasteiger partial charge in [0.25, 0.3) is 0 Å². The molecule has 0 amide bonds. The summed E-state index contributed by atoms with van der Waals surface area (Å²) in [5.74, 6) is -0.374. The molecule has 0 aromatic rings. The maximum Gasteiger partial charge on any atom is 0.170 e. The van der Waals surface area contributed by atoms with Crippen LogP contribution in [0, 0.1) is 0 Å². The summed E-state index contributed by atoms with van der Waals surface area (Å²) in [4.78, 5) is 0. The van der Waals surface area contributed by atoms with Gasteiger partial charge in [-0.25, -0.2) is 0 Å². The molecular weight excluding hydrogens is 276 g/mol. The van der Waals surface area contributed by atoms with E-state index in [4.69, 9.17) is 9.47 Å². The first-order valence-corrected chi connectivity index (χ1v) is 11.4. The molecule has 0 aromatic heterocycles. The Balaban J connectivity index is 3.36. The topological polar surface area (TPSA) is 18.5 Å². The Labute approximate surface area is 134 Å². The maximum absolute atomic E-state index is 6.34. The van der Waals surface area contributed by atoms with Gasteiger partial charge in [-0.05, 0) is 12.8 Å². The van der Waals surface area contributed by atoms with E-state index < -0.39 is 8.07 Å². The van der Waals surface area contributed by atoms with Crippen molar-refractivity contribution < 1.29 is 9.47 Å². The van der Waals surface area contributed by atoms with Crippen molar-refractivity contribution in [1.82, 2.24) is 0 Å². The molecule has 1 saturated heterocycles.